The first kappa shape index (κ1) is 12.3. The first-order valence-corrected chi connectivity index (χ1v) is 8.38. The van der Waals surface area contributed by atoms with Crippen LogP contribution in [0.3, 0.4) is 0 Å². The summed E-state index contributed by atoms with van der Waals surface area (Å²) in [5.74, 6) is 1.21. The van der Waals surface area contributed by atoms with E-state index >= 15 is 0 Å². The predicted octanol–water partition coefficient (Wildman–Crippen LogP) is 4.54. The van der Waals surface area contributed by atoms with E-state index in [0.29, 0.717) is 12.5 Å². The van der Waals surface area contributed by atoms with Crippen LogP contribution >= 0.6 is 7.60 Å². The van der Waals surface area contributed by atoms with Gasteiger partial charge in [0.05, 0.1) is 6.61 Å². The lowest BCUT2D eigenvalue weighted by atomic mass is 9.97. The number of hydrogen-bond donors (Lipinski definition) is 0. The van der Waals surface area contributed by atoms with E-state index in [9.17, 15) is 4.57 Å². The molecule has 1 aliphatic heterocycles. The average Bonchev–Trinajstić information content (AvgIpc) is 2.93. The Morgan fingerprint density at radius 3 is 2.78 bits per heavy atom. The molecule has 1 heterocycles. The highest BCUT2D eigenvalue weighted by Gasteiger charge is 2.50. The molecule has 2 atom stereocenters. The van der Waals surface area contributed by atoms with Crippen LogP contribution in [-0.2, 0) is 9.09 Å². The molecule has 2 unspecified atom stereocenters. The Hall–Kier alpha value is -0.790. The Morgan fingerprint density at radius 2 is 2.06 bits per heavy atom. The molecular weight excluding hydrogens is 247 g/mol. The molecule has 2 aliphatic rings. The molecule has 1 aromatic rings. The summed E-state index contributed by atoms with van der Waals surface area (Å²) < 4.78 is 24.2. The van der Waals surface area contributed by atoms with Crippen LogP contribution in [0.4, 0.5) is 0 Å². The van der Waals surface area contributed by atoms with Gasteiger partial charge in [0.15, 0.2) is 0 Å². The van der Waals surface area contributed by atoms with E-state index in [2.05, 4.69) is 0 Å². The minimum atomic E-state index is -3.01. The first-order valence-electron chi connectivity index (χ1n) is 6.77. The zero-order chi connectivity index (χ0) is 12.6. The summed E-state index contributed by atoms with van der Waals surface area (Å²) in [5.41, 5.74) is 1.04. The maximum atomic E-state index is 12.9. The lowest BCUT2D eigenvalue weighted by molar-refractivity contribution is 0.271. The van der Waals surface area contributed by atoms with Crippen molar-refractivity contribution in [1.29, 1.82) is 0 Å². The molecule has 3 nitrogen and oxygen atoms in total. The first-order chi connectivity index (χ1) is 8.74. The molecule has 98 valence electrons. The largest absolute Gasteiger partial charge is 0.424 e. The van der Waals surface area contributed by atoms with E-state index in [0.717, 1.165) is 24.2 Å². The average molecular weight is 266 g/mol. The SMILES string of the molecule is CCOP1(=O)Oc2ccccc2C1C1CCCC1. The van der Waals surface area contributed by atoms with Crippen LogP contribution in [-0.4, -0.2) is 6.61 Å². The highest BCUT2D eigenvalue weighted by Crippen LogP contribution is 2.71. The highest BCUT2D eigenvalue weighted by molar-refractivity contribution is 7.55. The van der Waals surface area contributed by atoms with Crippen molar-refractivity contribution in [2.24, 2.45) is 5.92 Å². The van der Waals surface area contributed by atoms with Crippen LogP contribution in [0.2, 0.25) is 0 Å². The third kappa shape index (κ3) is 1.90. The van der Waals surface area contributed by atoms with Gasteiger partial charge in [0, 0.05) is 5.56 Å². The van der Waals surface area contributed by atoms with Gasteiger partial charge in [-0.05, 0) is 31.7 Å². The second kappa shape index (κ2) is 4.71. The zero-order valence-electron chi connectivity index (χ0n) is 10.7. The Bertz CT molecular complexity index is 480. The Labute approximate surface area is 108 Å². The fourth-order valence-electron chi connectivity index (χ4n) is 3.24. The predicted molar refractivity (Wildman–Crippen MR) is 71.0 cm³/mol. The molecule has 0 amide bonds. The fraction of sp³-hybridized carbons (Fsp3) is 0.571. The molecule has 0 radical (unpaired) electrons. The van der Waals surface area contributed by atoms with Crippen molar-refractivity contribution in [3.8, 4) is 5.75 Å². The number of hydrogen-bond acceptors (Lipinski definition) is 3. The minimum absolute atomic E-state index is 0.0452. The smallest absolute Gasteiger partial charge is 0.387 e. The van der Waals surface area contributed by atoms with E-state index in [-0.39, 0.29) is 5.66 Å². The van der Waals surface area contributed by atoms with Crippen LogP contribution in [0.15, 0.2) is 24.3 Å². The van der Waals surface area contributed by atoms with E-state index in [4.69, 9.17) is 9.05 Å². The highest BCUT2D eigenvalue weighted by atomic mass is 31.2. The van der Waals surface area contributed by atoms with Gasteiger partial charge < -0.3 is 4.52 Å². The molecule has 0 bridgehead atoms. The van der Waals surface area contributed by atoms with Crippen LogP contribution in [0, 0.1) is 5.92 Å². The number of fused-ring (bicyclic) bond motifs is 1. The van der Waals surface area contributed by atoms with Gasteiger partial charge in [-0.15, -0.1) is 0 Å². The molecule has 1 aliphatic carbocycles. The topological polar surface area (TPSA) is 35.5 Å². The van der Waals surface area contributed by atoms with Gasteiger partial charge in [0.2, 0.25) is 0 Å². The van der Waals surface area contributed by atoms with Gasteiger partial charge in [-0.25, -0.2) is 4.57 Å². The molecule has 1 saturated carbocycles. The monoisotopic (exact) mass is 266 g/mol. The third-order valence-corrected chi connectivity index (χ3v) is 6.41. The Morgan fingerprint density at radius 1 is 1.33 bits per heavy atom. The summed E-state index contributed by atoms with van der Waals surface area (Å²) in [6, 6.07) is 7.85. The van der Waals surface area contributed by atoms with Crippen molar-refractivity contribution in [3.63, 3.8) is 0 Å². The van der Waals surface area contributed by atoms with Gasteiger partial charge in [0.1, 0.15) is 11.4 Å². The molecule has 0 N–H and O–H groups in total. The summed E-state index contributed by atoms with van der Waals surface area (Å²) in [4.78, 5) is 0. The van der Waals surface area contributed by atoms with Crippen LogP contribution in [0.5, 0.6) is 5.75 Å². The van der Waals surface area contributed by atoms with Crippen LogP contribution in [0.1, 0.15) is 43.8 Å². The van der Waals surface area contributed by atoms with Crippen molar-refractivity contribution >= 4 is 7.60 Å². The molecule has 18 heavy (non-hydrogen) atoms. The maximum Gasteiger partial charge on any atom is 0.387 e. The second-order valence-electron chi connectivity index (χ2n) is 5.08. The second-order valence-corrected chi connectivity index (χ2v) is 7.15. The fourth-order valence-corrected chi connectivity index (χ4v) is 5.74. The van der Waals surface area contributed by atoms with Gasteiger partial charge in [0.25, 0.3) is 0 Å². The molecule has 4 heteroatoms. The maximum absolute atomic E-state index is 12.9. The molecule has 3 rings (SSSR count). The van der Waals surface area contributed by atoms with Crippen LogP contribution in [0.25, 0.3) is 0 Å². The Kier molecular flexibility index (Phi) is 3.21. The van der Waals surface area contributed by atoms with Crippen LogP contribution < -0.4 is 4.52 Å². The lowest BCUT2D eigenvalue weighted by Gasteiger charge is -2.23. The molecule has 1 fully saturated rings. The summed E-state index contributed by atoms with van der Waals surface area (Å²) in [5, 5.41) is 0. The van der Waals surface area contributed by atoms with Crippen molar-refractivity contribution in [2.45, 2.75) is 38.3 Å². The van der Waals surface area contributed by atoms with Crippen molar-refractivity contribution in [3.05, 3.63) is 29.8 Å². The molecular formula is C14H19O3P. The summed E-state index contributed by atoms with van der Waals surface area (Å²) in [6.07, 6.45) is 4.74. The summed E-state index contributed by atoms with van der Waals surface area (Å²) in [6.45, 7) is 2.31. The molecule has 0 spiro atoms. The molecule has 1 aromatic carbocycles. The molecule has 0 aromatic heterocycles. The van der Waals surface area contributed by atoms with Crippen molar-refractivity contribution in [1.82, 2.24) is 0 Å². The van der Waals surface area contributed by atoms with E-state index in [1.807, 2.05) is 31.2 Å². The quantitative estimate of drug-likeness (QED) is 0.753. The third-order valence-electron chi connectivity index (χ3n) is 3.96. The van der Waals surface area contributed by atoms with E-state index in [1.54, 1.807) is 0 Å². The van der Waals surface area contributed by atoms with Gasteiger partial charge in [-0.2, -0.15) is 0 Å². The van der Waals surface area contributed by atoms with E-state index < -0.39 is 7.60 Å². The molecule has 0 saturated heterocycles. The van der Waals surface area contributed by atoms with E-state index in [1.165, 1.54) is 12.8 Å². The minimum Gasteiger partial charge on any atom is -0.424 e. The number of rotatable bonds is 3. The zero-order valence-corrected chi connectivity index (χ0v) is 11.6. The van der Waals surface area contributed by atoms with Gasteiger partial charge in [-0.1, -0.05) is 31.0 Å². The van der Waals surface area contributed by atoms with Gasteiger partial charge in [-0.3, -0.25) is 4.52 Å². The number of para-hydroxylation sites is 1. The summed E-state index contributed by atoms with van der Waals surface area (Å²) in [7, 11) is -3.01. The van der Waals surface area contributed by atoms with Gasteiger partial charge >= 0.3 is 7.60 Å². The standard InChI is InChI=1S/C14H19O3P/c1-2-16-18(15)14(11-7-3-4-8-11)12-9-5-6-10-13(12)17-18/h5-6,9-11,14H,2-4,7-8H2,1H3. The Balaban J connectivity index is 2.01. The van der Waals surface area contributed by atoms with Crippen molar-refractivity contribution < 1.29 is 13.6 Å². The normalized spacial score (nSPS) is 31.3. The number of benzene rings is 1. The summed E-state index contributed by atoms with van der Waals surface area (Å²) >= 11 is 0. The lowest BCUT2D eigenvalue weighted by Crippen LogP contribution is -2.09. The van der Waals surface area contributed by atoms with Crippen molar-refractivity contribution in [2.75, 3.05) is 6.61 Å².